The number of carbonyl (C=O) groups is 3. The lowest BCUT2D eigenvalue weighted by Gasteiger charge is -2.37. The Hall–Kier alpha value is -3.56. The Morgan fingerprint density at radius 1 is 1.11 bits per heavy atom. The Bertz CT molecular complexity index is 1670. The van der Waals surface area contributed by atoms with Gasteiger partial charge >= 0.3 is 6.18 Å². The highest BCUT2D eigenvalue weighted by Gasteiger charge is 2.40. The van der Waals surface area contributed by atoms with Crippen LogP contribution < -0.4 is 10.6 Å². The van der Waals surface area contributed by atoms with Gasteiger partial charge in [0.2, 0.25) is 5.91 Å². The highest BCUT2D eigenvalue weighted by Crippen LogP contribution is 2.41. The first-order chi connectivity index (χ1) is 22.3. The van der Waals surface area contributed by atoms with Gasteiger partial charge in [-0.15, -0.1) is 0 Å². The van der Waals surface area contributed by atoms with Crippen LogP contribution in [0.5, 0.6) is 0 Å². The van der Waals surface area contributed by atoms with Crippen molar-refractivity contribution in [2.45, 2.75) is 32.5 Å². The van der Waals surface area contributed by atoms with Crippen molar-refractivity contribution in [2.24, 2.45) is 18.4 Å². The van der Waals surface area contributed by atoms with E-state index in [1.165, 1.54) is 46.9 Å². The molecule has 0 spiro atoms. The number of hydrogen-bond donors (Lipinski definition) is 2. The molecule has 0 unspecified atom stereocenters. The predicted octanol–water partition coefficient (Wildman–Crippen LogP) is 4.25. The second kappa shape index (κ2) is 13.2. The molecule has 252 valence electrons. The Labute approximate surface area is 279 Å². The summed E-state index contributed by atoms with van der Waals surface area (Å²) in [6, 6.07) is 4.49. The van der Waals surface area contributed by atoms with Gasteiger partial charge in [0.05, 0.1) is 28.0 Å². The van der Waals surface area contributed by atoms with Crippen molar-refractivity contribution in [3.8, 4) is 11.3 Å². The van der Waals surface area contributed by atoms with Crippen LogP contribution in [-0.4, -0.2) is 97.6 Å². The van der Waals surface area contributed by atoms with E-state index in [4.69, 9.17) is 11.6 Å². The molecule has 2 aromatic heterocycles. The SMILES string of the molecule is Cn1c(-c2cn(CC3(C)CSC3)nc2C(F)(F)F)cnc1C(=O)Nc1ccc(C(=O)N2CCN(C(=O)C3CCNCC3)CC2)c(Cl)c1. The third-order valence-corrected chi connectivity index (χ3v) is 11.1. The van der Waals surface area contributed by atoms with E-state index in [0.717, 1.165) is 37.4 Å². The number of aromatic nitrogens is 4. The van der Waals surface area contributed by atoms with Crippen LogP contribution in [0.15, 0.2) is 30.6 Å². The fourth-order valence-corrected chi connectivity index (χ4v) is 7.63. The monoisotopic (exact) mass is 692 g/mol. The molecule has 3 aliphatic rings. The molecule has 0 atom stereocenters. The zero-order valence-electron chi connectivity index (χ0n) is 26.1. The van der Waals surface area contributed by atoms with Crippen LogP contribution in [0, 0.1) is 11.3 Å². The van der Waals surface area contributed by atoms with Crippen molar-refractivity contribution in [3.63, 3.8) is 0 Å². The highest BCUT2D eigenvalue weighted by molar-refractivity contribution is 8.00. The molecule has 3 aromatic rings. The fraction of sp³-hybridized carbons (Fsp3) is 0.516. The normalized spacial score (nSPS) is 18.6. The first-order valence-electron chi connectivity index (χ1n) is 15.5. The van der Waals surface area contributed by atoms with Crippen LogP contribution in [0.2, 0.25) is 5.02 Å². The summed E-state index contributed by atoms with van der Waals surface area (Å²) in [5.41, 5.74) is -0.688. The first-order valence-corrected chi connectivity index (χ1v) is 17.0. The third kappa shape index (κ3) is 7.02. The molecule has 3 fully saturated rings. The molecule has 47 heavy (non-hydrogen) atoms. The molecule has 11 nitrogen and oxygen atoms in total. The first kappa shape index (κ1) is 33.3. The van der Waals surface area contributed by atoms with Crippen LogP contribution in [0.25, 0.3) is 11.3 Å². The van der Waals surface area contributed by atoms with Gasteiger partial charge in [-0.1, -0.05) is 18.5 Å². The van der Waals surface area contributed by atoms with Crippen molar-refractivity contribution in [1.82, 2.24) is 34.4 Å². The van der Waals surface area contributed by atoms with Crippen molar-refractivity contribution >= 4 is 46.8 Å². The fourth-order valence-electron chi connectivity index (χ4n) is 6.28. The third-order valence-electron chi connectivity index (χ3n) is 8.97. The topological polar surface area (TPSA) is 117 Å². The number of alkyl halides is 3. The Balaban J connectivity index is 1.11. The highest BCUT2D eigenvalue weighted by atomic mass is 35.5. The van der Waals surface area contributed by atoms with Crippen LogP contribution >= 0.6 is 23.4 Å². The van der Waals surface area contributed by atoms with Crippen molar-refractivity contribution in [2.75, 3.05) is 56.1 Å². The summed E-state index contributed by atoms with van der Waals surface area (Å²) in [4.78, 5) is 46.9. The lowest BCUT2D eigenvalue weighted by molar-refractivity contribution is -0.141. The molecule has 0 aliphatic carbocycles. The summed E-state index contributed by atoms with van der Waals surface area (Å²) in [6.45, 7) is 5.72. The van der Waals surface area contributed by atoms with Gasteiger partial charge in [0, 0.05) is 74.5 Å². The van der Waals surface area contributed by atoms with Gasteiger partial charge in [0.25, 0.3) is 11.8 Å². The number of benzene rings is 1. The number of piperidine rings is 1. The summed E-state index contributed by atoms with van der Waals surface area (Å²) in [5, 5.41) is 9.92. The molecule has 3 aliphatic heterocycles. The minimum atomic E-state index is -4.70. The van der Waals surface area contributed by atoms with Gasteiger partial charge in [-0.05, 0) is 44.1 Å². The van der Waals surface area contributed by atoms with Crippen molar-refractivity contribution < 1.29 is 27.6 Å². The molecule has 6 rings (SSSR count). The number of amides is 3. The van der Waals surface area contributed by atoms with Gasteiger partial charge in [0.15, 0.2) is 11.5 Å². The summed E-state index contributed by atoms with van der Waals surface area (Å²) in [5.74, 6) is 0.799. The molecule has 1 aromatic carbocycles. The largest absolute Gasteiger partial charge is 0.435 e. The van der Waals surface area contributed by atoms with Crippen LogP contribution in [0.1, 0.15) is 46.4 Å². The summed E-state index contributed by atoms with van der Waals surface area (Å²) in [6.07, 6.45) is -0.475. The minimum Gasteiger partial charge on any atom is -0.339 e. The minimum absolute atomic E-state index is 0.0223. The molecular formula is C31H36ClF3N8O3S. The zero-order valence-corrected chi connectivity index (χ0v) is 27.6. The number of hydrogen-bond acceptors (Lipinski definition) is 7. The summed E-state index contributed by atoms with van der Waals surface area (Å²) < 4.78 is 44.6. The quantitative estimate of drug-likeness (QED) is 0.381. The summed E-state index contributed by atoms with van der Waals surface area (Å²) >= 11 is 8.22. The number of imidazole rings is 1. The van der Waals surface area contributed by atoms with E-state index in [-0.39, 0.29) is 56.5 Å². The number of carbonyl (C=O) groups excluding carboxylic acids is 3. The van der Waals surface area contributed by atoms with Crippen molar-refractivity contribution in [1.29, 1.82) is 0 Å². The van der Waals surface area contributed by atoms with E-state index in [1.54, 1.807) is 16.7 Å². The van der Waals surface area contributed by atoms with E-state index < -0.39 is 17.8 Å². The maximum atomic E-state index is 14.0. The number of anilines is 1. The lowest BCUT2D eigenvalue weighted by Crippen LogP contribution is -2.52. The molecule has 0 bridgehead atoms. The molecule has 16 heteroatoms. The Morgan fingerprint density at radius 2 is 1.79 bits per heavy atom. The Kier molecular flexibility index (Phi) is 9.33. The second-order valence-corrected chi connectivity index (χ2v) is 14.1. The number of piperazine rings is 1. The maximum Gasteiger partial charge on any atom is 0.435 e. The number of nitrogens with one attached hydrogen (secondary N) is 2. The van der Waals surface area contributed by atoms with Crippen LogP contribution in [0.3, 0.4) is 0 Å². The molecular weight excluding hydrogens is 657 g/mol. The van der Waals surface area contributed by atoms with Gasteiger partial charge < -0.3 is 25.0 Å². The molecule has 0 radical (unpaired) electrons. The average Bonchev–Trinajstić information content (AvgIpc) is 3.63. The zero-order chi connectivity index (χ0) is 33.5. The van der Waals surface area contributed by atoms with Gasteiger partial charge in [0.1, 0.15) is 0 Å². The van der Waals surface area contributed by atoms with E-state index in [0.29, 0.717) is 32.7 Å². The van der Waals surface area contributed by atoms with Gasteiger partial charge in [-0.2, -0.15) is 30.0 Å². The van der Waals surface area contributed by atoms with E-state index >= 15 is 0 Å². The van der Waals surface area contributed by atoms with Gasteiger partial charge in [-0.3, -0.25) is 19.1 Å². The number of nitrogens with zero attached hydrogens (tertiary/aromatic N) is 6. The van der Waals surface area contributed by atoms with E-state index in [2.05, 4.69) is 20.7 Å². The Morgan fingerprint density at radius 3 is 2.40 bits per heavy atom. The lowest BCUT2D eigenvalue weighted by atomic mass is 9.95. The summed E-state index contributed by atoms with van der Waals surface area (Å²) in [7, 11) is 1.47. The van der Waals surface area contributed by atoms with Gasteiger partial charge in [-0.25, -0.2) is 4.98 Å². The van der Waals surface area contributed by atoms with E-state index in [1.807, 2.05) is 11.8 Å². The molecule has 0 saturated carbocycles. The number of thioether (sulfide) groups is 1. The molecule has 3 saturated heterocycles. The smallest absolute Gasteiger partial charge is 0.339 e. The molecule has 2 N–H and O–H groups in total. The second-order valence-electron chi connectivity index (χ2n) is 12.7. The average molecular weight is 693 g/mol. The number of rotatable bonds is 7. The number of halogens is 4. The van der Waals surface area contributed by atoms with Crippen LogP contribution in [-0.2, 0) is 24.6 Å². The molecule has 5 heterocycles. The standard InChI is InChI=1S/C31H36ClF3N8O3S/c1-30(17-47-18-30)16-43-15-22(25(39-43)31(33,34)35)24-14-37-26(40(24)2)27(44)38-20-3-4-21(23(32)13-20)29(46)42-11-9-41(10-12-42)28(45)19-5-7-36-8-6-19/h3-4,13-15,19,36H,5-12,16-18H2,1-2H3,(H,38,44). The van der Waals surface area contributed by atoms with Crippen LogP contribution in [0.4, 0.5) is 18.9 Å². The van der Waals surface area contributed by atoms with E-state index in [9.17, 15) is 27.6 Å². The molecule has 3 amide bonds. The maximum absolute atomic E-state index is 14.0. The predicted molar refractivity (Wildman–Crippen MR) is 172 cm³/mol. The van der Waals surface area contributed by atoms with Crippen molar-refractivity contribution in [3.05, 3.63) is 52.7 Å².